The smallest absolute Gasteiger partial charge is 0.118 e. The highest BCUT2D eigenvalue weighted by molar-refractivity contribution is 5.66. The van der Waals surface area contributed by atoms with Gasteiger partial charge in [0.1, 0.15) is 5.75 Å². The average Bonchev–Trinajstić information content (AvgIpc) is 2.32. The Bertz CT molecular complexity index is 541. The molecule has 1 nitrogen and oxygen atoms in total. The number of rotatable bonds is 3. The summed E-state index contributed by atoms with van der Waals surface area (Å²) in [6.07, 6.45) is 1.10. The van der Waals surface area contributed by atoms with Gasteiger partial charge in [0.2, 0.25) is 0 Å². The number of hydrogen-bond acceptors (Lipinski definition) is 1. The first-order chi connectivity index (χ1) is 8.56. The summed E-state index contributed by atoms with van der Waals surface area (Å²) in [4.78, 5) is 0. The summed E-state index contributed by atoms with van der Waals surface area (Å²) in [6, 6.07) is 14.4. The fourth-order valence-electron chi connectivity index (χ4n) is 2.18. The van der Waals surface area contributed by atoms with Crippen LogP contribution >= 0.6 is 0 Å². The minimum atomic E-state index is 0.358. The lowest BCUT2D eigenvalue weighted by molar-refractivity contribution is 0.471. The van der Waals surface area contributed by atoms with E-state index in [2.05, 4.69) is 38.1 Å². The van der Waals surface area contributed by atoms with Crippen LogP contribution in [0.25, 0.3) is 11.1 Å². The van der Waals surface area contributed by atoms with Crippen molar-refractivity contribution in [3.05, 3.63) is 53.6 Å². The van der Waals surface area contributed by atoms with Crippen LogP contribution in [-0.2, 0) is 6.42 Å². The van der Waals surface area contributed by atoms with Crippen molar-refractivity contribution in [2.24, 2.45) is 5.92 Å². The maximum Gasteiger partial charge on any atom is 0.118 e. The Morgan fingerprint density at radius 3 is 2.39 bits per heavy atom. The molecule has 0 saturated heterocycles. The van der Waals surface area contributed by atoms with E-state index in [9.17, 15) is 5.11 Å². The van der Waals surface area contributed by atoms with Crippen LogP contribution in [0.5, 0.6) is 5.75 Å². The van der Waals surface area contributed by atoms with Crippen LogP contribution in [0.3, 0.4) is 0 Å². The van der Waals surface area contributed by atoms with Crippen molar-refractivity contribution in [1.82, 2.24) is 0 Å². The SMILES string of the molecule is Cc1cc(-c2cccc(CC(C)C)c2)ccc1O. The summed E-state index contributed by atoms with van der Waals surface area (Å²) in [6.45, 7) is 6.39. The molecule has 1 heteroatoms. The standard InChI is InChI=1S/C17H20O/c1-12(2)9-14-5-4-6-15(11-14)16-7-8-17(18)13(3)10-16/h4-8,10-12,18H,9H2,1-3H3. The zero-order valence-corrected chi connectivity index (χ0v) is 11.3. The first-order valence-electron chi connectivity index (χ1n) is 6.45. The maximum absolute atomic E-state index is 9.56. The molecular formula is C17H20O. The van der Waals surface area contributed by atoms with Gasteiger partial charge in [0, 0.05) is 0 Å². The van der Waals surface area contributed by atoms with E-state index in [1.807, 2.05) is 19.1 Å². The second kappa shape index (κ2) is 5.26. The number of phenols is 1. The van der Waals surface area contributed by atoms with Gasteiger partial charge in [-0.2, -0.15) is 0 Å². The first kappa shape index (κ1) is 12.7. The van der Waals surface area contributed by atoms with Crippen molar-refractivity contribution in [3.8, 4) is 16.9 Å². The molecule has 0 aliphatic heterocycles. The van der Waals surface area contributed by atoms with E-state index in [-0.39, 0.29) is 0 Å². The molecule has 0 aliphatic rings. The van der Waals surface area contributed by atoms with Gasteiger partial charge in [0.15, 0.2) is 0 Å². The molecule has 0 radical (unpaired) electrons. The van der Waals surface area contributed by atoms with Crippen LogP contribution in [0.2, 0.25) is 0 Å². The van der Waals surface area contributed by atoms with Crippen LogP contribution in [0.15, 0.2) is 42.5 Å². The zero-order chi connectivity index (χ0) is 13.1. The van der Waals surface area contributed by atoms with Gasteiger partial charge in [-0.3, -0.25) is 0 Å². The van der Waals surface area contributed by atoms with Crippen molar-refractivity contribution in [2.75, 3.05) is 0 Å². The van der Waals surface area contributed by atoms with Gasteiger partial charge in [-0.25, -0.2) is 0 Å². The molecule has 0 unspecified atom stereocenters. The maximum atomic E-state index is 9.56. The van der Waals surface area contributed by atoms with E-state index in [1.165, 1.54) is 11.1 Å². The number of benzene rings is 2. The molecule has 0 aromatic heterocycles. The Morgan fingerprint density at radius 2 is 1.72 bits per heavy atom. The fraction of sp³-hybridized carbons (Fsp3) is 0.294. The molecule has 0 aliphatic carbocycles. The fourth-order valence-corrected chi connectivity index (χ4v) is 2.18. The predicted octanol–water partition coefficient (Wildman–Crippen LogP) is 4.57. The van der Waals surface area contributed by atoms with Gasteiger partial charge in [-0.05, 0) is 53.6 Å². The lowest BCUT2D eigenvalue weighted by atomic mass is 9.97. The summed E-state index contributed by atoms with van der Waals surface area (Å²) in [5, 5.41) is 9.56. The van der Waals surface area contributed by atoms with E-state index in [0.29, 0.717) is 11.7 Å². The monoisotopic (exact) mass is 240 g/mol. The summed E-state index contributed by atoms with van der Waals surface area (Å²) >= 11 is 0. The van der Waals surface area contributed by atoms with Gasteiger partial charge >= 0.3 is 0 Å². The van der Waals surface area contributed by atoms with Crippen molar-refractivity contribution in [2.45, 2.75) is 27.2 Å². The number of aryl methyl sites for hydroxylation is 1. The summed E-state index contributed by atoms with van der Waals surface area (Å²) in [5.41, 5.74) is 4.67. The van der Waals surface area contributed by atoms with E-state index >= 15 is 0 Å². The van der Waals surface area contributed by atoms with Gasteiger partial charge in [-0.15, -0.1) is 0 Å². The third kappa shape index (κ3) is 2.92. The largest absolute Gasteiger partial charge is 0.508 e. The molecule has 1 N–H and O–H groups in total. The highest BCUT2D eigenvalue weighted by Gasteiger charge is 2.03. The molecule has 2 aromatic rings. The number of phenolic OH excluding ortho intramolecular Hbond substituents is 1. The van der Waals surface area contributed by atoms with E-state index in [0.717, 1.165) is 17.5 Å². The molecule has 0 atom stereocenters. The van der Waals surface area contributed by atoms with Crippen molar-refractivity contribution < 1.29 is 5.11 Å². The highest BCUT2D eigenvalue weighted by atomic mass is 16.3. The average molecular weight is 240 g/mol. The van der Waals surface area contributed by atoms with Gasteiger partial charge in [0.25, 0.3) is 0 Å². The highest BCUT2D eigenvalue weighted by Crippen LogP contribution is 2.26. The second-order valence-corrected chi connectivity index (χ2v) is 5.30. The molecule has 94 valence electrons. The molecule has 0 bridgehead atoms. The summed E-state index contributed by atoms with van der Waals surface area (Å²) < 4.78 is 0. The number of hydrogen-bond donors (Lipinski definition) is 1. The van der Waals surface area contributed by atoms with Crippen molar-refractivity contribution >= 4 is 0 Å². The molecule has 2 aromatic carbocycles. The molecule has 0 fully saturated rings. The summed E-state index contributed by atoms with van der Waals surface area (Å²) in [7, 11) is 0. The van der Waals surface area contributed by atoms with Crippen LogP contribution in [0.4, 0.5) is 0 Å². The third-order valence-electron chi connectivity index (χ3n) is 3.10. The topological polar surface area (TPSA) is 20.2 Å². The van der Waals surface area contributed by atoms with Crippen LogP contribution < -0.4 is 0 Å². The molecular weight excluding hydrogens is 220 g/mol. The van der Waals surface area contributed by atoms with Crippen molar-refractivity contribution in [1.29, 1.82) is 0 Å². The second-order valence-electron chi connectivity index (χ2n) is 5.30. The molecule has 18 heavy (non-hydrogen) atoms. The summed E-state index contributed by atoms with van der Waals surface area (Å²) in [5.74, 6) is 1.03. The molecule has 0 amide bonds. The minimum absolute atomic E-state index is 0.358. The van der Waals surface area contributed by atoms with Crippen molar-refractivity contribution in [3.63, 3.8) is 0 Å². The van der Waals surface area contributed by atoms with Crippen LogP contribution in [0, 0.1) is 12.8 Å². The van der Waals surface area contributed by atoms with Gasteiger partial charge < -0.3 is 5.11 Å². The Balaban J connectivity index is 2.35. The van der Waals surface area contributed by atoms with E-state index in [1.54, 1.807) is 6.07 Å². The number of aromatic hydroxyl groups is 1. The lowest BCUT2D eigenvalue weighted by Crippen LogP contribution is -1.94. The van der Waals surface area contributed by atoms with Gasteiger partial charge in [-0.1, -0.05) is 44.2 Å². The zero-order valence-electron chi connectivity index (χ0n) is 11.3. The minimum Gasteiger partial charge on any atom is -0.508 e. The van der Waals surface area contributed by atoms with E-state index < -0.39 is 0 Å². The Morgan fingerprint density at radius 1 is 1.00 bits per heavy atom. The first-order valence-corrected chi connectivity index (χ1v) is 6.45. The Kier molecular flexibility index (Phi) is 3.71. The Hall–Kier alpha value is -1.76. The van der Waals surface area contributed by atoms with E-state index in [4.69, 9.17) is 0 Å². The molecule has 0 saturated carbocycles. The van der Waals surface area contributed by atoms with Gasteiger partial charge in [0.05, 0.1) is 0 Å². The predicted molar refractivity (Wildman–Crippen MR) is 76.8 cm³/mol. The normalized spacial score (nSPS) is 10.9. The lowest BCUT2D eigenvalue weighted by Gasteiger charge is -2.09. The molecule has 0 heterocycles. The Labute approximate surface area is 109 Å². The van der Waals surface area contributed by atoms with Crippen LogP contribution in [0.1, 0.15) is 25.0 Å². The van der Waals surface area contributed by atoms with Crippen LogP contribution in [-0.4, -0.2) is 5.11 Å². The third-order valence-corrected chi connectivity index (χ3v) is 3.10. The quantitative estimate of drug-likeness (QED) is 0.833. The molecule has 0 spiro atoms. The molecule has 2 rings (SSSR count).